The largest absolute Gasteiger partial charge is 0.378 e. The van der Waals surface area contributed by atoms with Gasteiger partial charge in [-0.1, -0.05) is 24.3 Å². The van der Waals surface area contributed by atoms with Gasteiger partial charge in [-0.3, -0.25) is 0 Å². The Morgan fingerprint density at radius 3 is 1.89 bits per heavy atom. The first kappa shape index (κ1) is 25.5. The number of hydrogen-bond donors (Lipinski definition) is 1. The molecule has 0 aliphatic carbocycles. The number of aromatic nitrogens is 3. The maximum Gasteiger partial charge on any atom is 0.138 e. The van der Waals surface area contributed by atoms with Crippen LogP contribution in [0.4, 0.5) is 11.4 Å². The molecule has 192 valence electrons. The number of aromatic amines is 1. The van der Waals surface area contributed by atoms with Gasteiger partial charge in [0.05, 0.1) is 21.3 Å². The Kier molecular flexibility index (Phi) is 7.70. The van der Waals surface area contributed by atoms with Crippen molar-refractivity contribution in [1.82, 2.24) is 15.0 Å². The van der Waals surface area contributed by atoms with Crippen LogP contribution in [-0.2, 0) is 0 Å². The van der Waals surface area contributed by atoms with E-state index in [0.717, 1.165) is 46.0 Å². The number of nitrogens with zero attached hydrogens (tertiary/aromatic N) is 4. The summed E-state index contributed by atoms with van der Waals surface area (Å²) in [5.74, 6) is 0.918. The Labute approximate surface area is 228 Å². The maximum absolute atomic E-state index is 4.70. The molecule has 0 aliphatic heterocycles. The Morgan fingerprint density at radius 2 is 1.26 bits per heavy atom. The highest BCUT2D eigenvalue weighted by molar-refractivity contribution is 7.21. The van der Waals surface area contributed by atoms with Gasteiger partial charge in [0.1, 0.15) is 10.8 Å². The highest BCUT2D eigenvalue weighted by Crippen LogP contribution is 2.31. The summed E-state index contributed by atoms with van der Waals surface area (Å²) >= 11 is 1.75. The van der Waals surface area contributed by atoms with Crippen LogP contribution in [0.15, 0.2) is 97.1 Å². The molecule has 38 heavy (non-hydrogen) atoms. The quantitative estimate of drug-likeness (QED) is 0.241. The molecule has 0 saturated heterocycles. The van der Waals surface area contributed by atoms with Crippen LogP contribution in [0.25, 0.3) is 43.2 Å². The number of nitrogens with one attached hydrogen (secondary N) is 1. The number of fused-ring (bicyclic) bond motifs is 2. The normalized spacial score (nSPS) is 10.8. The van der Waals surface area contributed by atoms with Crippen molar-refractivity contribution in [3.05, 3.63) is 97.1 Å². The van der Waals surface area contributed by atoms with Crippen molar-refractivity contribution >= 4 is 44.0 Å². The zero-order valence-corrected chi connectivity index (χ0v) is 23.2. The molecule has 4 aromatic carbocycles. The van der Waals surface area contributed by atoms with Crippen molar-refractivity contribution in [2.45, 2.75) is 13.8 Å². The molecule has 2 heterocycles. The topological polar surface area (TPSA) is 48.1 Å². The van der Waals surface area contributed by atoms with Crippen molar-refractivity contribution in [3.63, 3.8) is 0 Å². The number of para-hydroxylation sites is 3. The lowest BCUT2D eigenvalue weighted by molar-refractivity contribution is 0.866. The summed E-state index contributed by atoms with van der Waals surface area (Å²) in [6.45, 7) is 6.45. The smallest absolute Gasteiger partial charge is 0.138 e. The molecule has 6 heteroatoms. The second-order valence-electron chi connectivity index (χ2n) is 9.25. The standard InChI is InChI=1S/C17H18N2S.C15H15N3/c1-3-19(4-2)14-11-9-13(10-12-14)17-18-15-7-5-6-8-16(15)20-17;1-18(2)12-9-7-11(8-10-12)15-16-13-5-3-4-6-14(13)17-15/h5-12H,3-4H2,1-2H3;3-10H,1-2H3,(H,16,17). The number of hydrogen-bond acceptors (Lipinski definition) is 5. The lowest BCUT2D eigenvalue weighted by Crippen LogP contribution is -2.21. The van der Waals surface area contributed by atoms with E-state index in [-0.39, 0.29) is 0 Å². The Balaban J connectivity index is 0.000000156. The summed E-state index contributed by atoms with van der Waals surface area (Å²) in [4.78, 5) is 17.1. The Bertz CT molecular complexity index is 1540. The first-order chi connectivity index (χ1) is 18.6. The van der Waals surface area contributed by atoms with Gasteiger partial charge in [0.15, 0.2) is 0 Å². The number of H-pyrrole nitrogens is 1. The second-order valence-corrected chi connectivity index (χ2v) is 10.3. The van der Waals surface area contributed by atoms with Crippen molar-refractivity contribution in [2.24, 2.45) is 0 Å². The minimum atomic E-state index is 0.918. The van der Waals surface area contributed by atoms with E-state index in [1.54, 1.807) is 11.3 Å². The zero-order valence-electron chi connectivity index (χ0n) is 22.3. The average Bonchev–Trinajstić information content (AvgIpc) is 3.59. The third kappa shape index (κ3) is 5.55. The molecule has 2 aromatic heterocycles. The molecule has 6 aromatic rings. The van der Waals surface area contributed by atoms with E-state index in [0.29, 0.717) is 0 Å². The van der Waals surface area contributed by atoms with Crippen LogP contribution in [0.2, 0.25) is 0 Å². The zero-order chi connectivity index (χ0) is 26.5. The molecule has 0 amide bonds. The van der Waals surface area contributed by atoms with E-state index in [9.17, 15) is 0 Å². The molecule has 0 radical (unpaired) electrons. The first-order valence-corrected chi connectivity index (χ1v) is 13.8. The lowest BCUT2D eigenvalue weighted by atomic mass is 10.2. The summed E-state index contributed by atoms with van der Waals surface area (Å²) < 4.78 is 1.25. The Morgan fingerprint density at radius 1 is 0.658 bits per heavy atom. The van der Waals surface area contributed by atoms with E-state index in [1.807, 2.05) is 44.4 Å². The number of thiazole rings is 1. The maximum atomic E-state index is 4.70. The van der Waals surface area contributed by atoms with Gasteiger partial charge in [-0.15, -0.1) is 11.3 Å². The van der Waals surface area contributed by atoms with E-state index in [1.165, 1.54) is 21.6 Å². The summed E-state index contributed by atoms with van der Waals surface area (Å²) in [6, 6.07) is 33.5. The molecular formula is C32H33N5S. The van der Waals surface area contributed by atoms with Crippen molar-refractivity contribution in [2.75, 3.05) is 37.0 Å². The summed E-state index contributed by atoms with van der Waals surface area (Å²) in [6.07, 6.45) is 0. The van der Waals surface area contributed by atoms with E-state index in [2.05, 4.69) is 100 Å². The predicted molar refractivity (Wildman–Crippen MR) is 164 cm³/mol. The van der Waals surface area contributed by atoms with Crippen LogP contribution < -0.4 is 9.80 Å². The molecule has 0 unspecified atom stereocenters. The van der Waals surface area contributed by atoms with Crippen LogP contribution >= 0.6 is 11.3 Å². The van der Waals surface area contributed by atoms with Gasteiger partial charge >= 0.3 is 0 Å². The monoisotopic (exact) mass is 519 g/mol. The van der Waals surface area contributed by atoms with E-state index < -0.39 is 0 Å². The van der Waals surface area contributed by atoms with Gasteiger partial charge in [0.2, 0.25) is 0 Å². The van der Waals surface area contributed by atoms with Crippen molar-refractivity contribution in [1.29, 1.82) is 0 Å². The van der Waals surface area contributed by atoms with Crippen LogP contribution in [0.3, 0.4) is 0 Å². The number of benzene rings is 4. The molecule has 0 saturated carbocycles. The van der Waals surface area contributed by atoms with Gasteiger partial charge in [-0.25, -0.2) is 9.97 Å². The van der Waals surface area contributed by atoms with E-state index in [4.69, 9.17) is 4.98 Å². The number of rotatable bonds is 6. The van der Waals surface area contributed by atoms with Crippen LogP contribution in [0, 0.1) is 0 Å². The SMILES string of the molecule is CCN(CC)c1ccc(-c2nc3ccccc3s2)cc1.CN(C)c1ccc(-c2nc3ccccc3[nH]2)cc1. The van der Waals surface area contributed by atoms with Crippen LogP contribution in [0.1, 0.15) is 13.8 Å². The van der Waals surface area contributed by atoms with E-state index >= 15 is 0 Å². The minimum absolute atomic E-state index is 0.918. The molecule has 1 N–H and O–H groups in total. The summed E-state index contributed by atoms with van der Waals surface area (Å²) in [7, 11) is 4.08. The van der Waals surface area contributed by atoms with Gasteiger partial charge in [0, 0.05) is 49.7 Å². The molecule has 0 spiro atoms. The Hall–Kier alpha value is -4.16. The third-order valence-corrected chi connectivity index (χ3v) is 7.67. The summed E-state index contributed by atoms with van der Waals surface area (Å²) in [5, 5.41) is 1.09. The van der Waals surface area contributed by atoms with Gasteiger partial charge in [-0.2, -0.15) is 0 Å². The van der Waals surface area contributed by atoms with Crippen LogP contribution in [0.5, 0.6) is 0 Å². The minimum Gasteiger partial charge on any atom is -0.378 e. The van der Waals surface area contributed by atoms with Gasteiger partial charge in [-0.05, 0) is 86.6 Å². The van der Waals surface area contributed by atoms with Crippen LogP contribution in [-0.4, -0.2) is 42.1 Å². The summed E-state index contributed by atoms with van der Waals surface area (Å²) in [5.41, 5.74) is 7.93. The average molecular weight is 520 g/mol. The van der Waals surface area contributed by atoms with Crippen molar-refractivity contribution < 1.29 is 0 Å². The van der Waals surface area contributed by atoms with Gasteiger partial charge in [0.25, 0.3) is 0 Å². The molecule has 0 aliphatic rings. The number of imidazole rings is 1. The fraction of sp³-hybridized carbons (Fsp3) is 0.188. The fourth-order valence-electron chi connectivity index (χ4n) is 4.41. The lowest BCUT2D eigenvalue weighted by Gasteiger charge is -2.20. The highest BCUT2D eigenvalue weighted by atomic mass is 32.1. The molecule has 5 nitrogen and oxygen atoms in total. The van der Waals surface area contributed by atoms with Gasteiger partial charge < -0.3 is 14.8 Å². The molecule has 0 fully saturated rings. The highest BCUT2D eigenvalue weighted by Gasteiger charge is 2.07. The van der Waals surface area contributed by atoms with Crippen molar-refractivity contribution in [3.8, 4) is 22.0 Å². The fourth-order valence-corrected chi connectivity index (χ4v) is 5.38. The second kappa shape index (κ2) is 11.5. The number of anilines is 2. The first-order valence-electron chi connectivity index (χ1n) is 13.0. The predicted octanol–water partition coefficient (Wildman–Crippen LogP) is 8.11. The third-order valence-electron chi connectivity index (χ3n) is 6.58. The molecule has 0 bridgehead atoms. The molecular weight excluding hydrogens is 486 g/mol. The molecule has 0 atom stereocenters. The molecule has 6 rings (SSSR count).